The van der Waals surface area contributed by atoms with Gasteiger partial charge in [0, 0.05) is 31.3 Å². The molecule has 1 amide bonds. The second kappa shape index (κ2) is 9.87. The third-order valence-corrected chi connectivity index (χ3v) is 5.81. The van der Waals surface area contributed by atoms with E-state index in [2.05, 4.69) is 11.8 Å². The molecular weight excluding hydrogens is 358 g/mol. The summed E-state index contributed by atoms with van der Waals surface area (Å²) in [6.07, 6.45) is 6.82. The monoisotopic (exact) mass is 389 g/mol. The Morgan fingerprint density at radius 2 is 2.14 bits per heavy atom. The number of hydrogen-bond acceptors (Lipinski definition) is 5. The van der Waals surface area contributed by atoms with Crippen LogP contribution in [-0.4, -0.2) is 59.6 Å². The van der Waals surface area contributed by atoms with Crippen LogP contribution < -0.4 is 0 Å². The van der Waals surface area contributed by atoms with Crippen molar-refractivity contribution in [3.63, 3.8) is 0 Å². The lowest BCUT2D eigenvalue weighted by atomic mass is 9.87. The maximum atomic E-state index is 11.7. The number of hydrogen-bond donors (Lipinski definition) is 0. The van der Waals surface area contributed by atoms with Crippen molar-refractivity contribution in [1.82, 2.24) is 9.80 Å². The molecule has 0 bridgehead atoms. The van der Waals surface area contributed by atoms with E-state index < -0.39 is 0 Å². The normalized spacial score (nSPS) is 19.4. The first-order chi connectivity index (χ1) is 13.6. The Balaban J connectivity index is 1.53. The van der Waals surface area contributed by atoms with Gasteiger partial charge >= 0.3 is 6.09 Å². The summed E-state index contributed by atoms with van der Waals surface area (Å²) in [4.78, 5) is 26.8. The fourth-order valence-corrected chi connectivity index (χ4v) is 4.33. The zero-order chi connectivity index (χ0) is 19.9. The second-order valence-electron chi connectivity index (χ2n) is 7.80. The summed E-state index contributed by atoms with van der Waals surface area (Å²) < 4.78 is 5.09. The molecule has 0 radical (unpaired) electrons. The largest absolute Gasteiger partial charge is 0.449 e. The van der Waals surface area contributed by atoms with Gasteiger partial charge in [-0.3, -0.25) is 10.1 Å². The van der Waals surface area contributed by atoms with Gasteiger partial charge in [0.15, 0.2) is 0 Å². The van der Waals surface area contributed by atoms with Crippen LogP contribution in [0, 0.1) is 10.1 Å². The van der Waals surface area contributed by atoms with Crippen LogP contribution >= 0.6 is 0 Å². The highest BCUT2D eigenvalue weighted by molar-refractivity contribution is 5.68. The van der Waals surface area contributed by atoms with Crippen molar-refractivity contribution in [1.29, 1.82) is 0 Å². The SMILES string of the molecule is CCCN(CCCCN1CCCOC1=O)C1CCc2ccc([N+](=O)[O-])cc2C1. The van der Waals surface area contributed by atoms with E-state index in [-0.39, 0.29) is 16.7 Å². The van der Waals surface area contributed by atoms with Crippen molar-refractivity contribution < 1.29 is 14.5 Å². The Morgan fingerprint density at radius 1 is 1.29 bits per heavy atom. The lowest BCUT2D eigenvalue weighted by Gasteiger charge is -2.35. The van der Waals surface area contributed by atoms with Gasteiger partial charge in [0.2, 0.25) is 0 Å². The number of amides is 1. The molecule has 154 valence electrons. The smallest absolute Gasteiger partial charge is 0.409 e. The van der Waals surface area contributed by atoms with Crippen LogP contribution in [0.1, 0.15) is 50.2 Å². The number of benzene rings is 1. The van der Waals surface area contributed by atoms with Crippen LogP contribution in [0.25, 0.3) is 0 Å². The minimum Gasteiger partial charge on any atom is -0.449 e. The van der Waals surface area contributed by atoms with Gasteiger partial charge in [-0.2, -0.15) is 0 Å². The summed E-state index contributed by atoms with van der Waals surface area (Å²) in [5.74, 6) is 0. The van der Waals surface area contributed by atoms with Crippen molar-refractivity contribution in [3.8, 4) is 0 Å². The van der Waals surface area contributed by atoms with E-state index in [0.717, 1.165) is 76.7 Å². The van der Waals surface area contributed by atoms with E-state index in [9.17, 15) is 14.9 Å². The number of carbonyl (C=O) groups is 1. The van der Waals surface area contributed by atoms with Crippen molar-refractivity contribution in [2.75, 3.05) is 32.8 Å². The highest BCUT2D eigenvalue weighted by atomic mass is 16.6. The predicted molar refractivity (Wildman–Crippen MR) is 108 cm³/mol. The molecule has 1 aliphatic heterocycles. The number of cyclic esters (lactones) is 1. The maximum Gasteiger partial charge on any atom is 0.409 e. The predicted octanol–water partition coefficient (Wildman–Crippen LogP) is 3.79. The van der Waals surface area contributed by atoms with Crippen molar-refractivity contribution >= 4 is 11.8 Å². The Labute approximate surface area is 166 Å². The number of rotatable bonds is 9. The molecule has 0 N–H and O–H groups in total. The van der Waals surface area contributed by atoms with E-state index >= 15 is 0 Å². The number of nitro benzene ring substituents is 1. The number of ether oxygens (including phenoxy) is 1. The zero-order valence-corrected chi connectivity index (χ0v) is 16.8. The third kappa shape index (κ3) is 5.22. The highest BCUT2D eigenvalue weighted by Gasteiger charge is 2.25. The van der Waals surface area contributed by atoms with Crippen LogP contribution in [0.3, 0.4) is 0 Å². The Morgan fingerprint density at radius 3 is 2.89 bits per heavy atom. The third-order valence-electron chi connectivity index (χ3n) is 5.81. The number of carbonyl (C=O) groups excluding carboxylic acids is 1. The van der Waals surface area contributed by atoms with Crippen LogP contribution in [0.4, 0.5) is 10.5 Å². The van der Waals surface area contributed by atoms with E-state index in [0.29, 0.717) is 12.6 Å². The summed E-state index contributed by atoms with van der Waals surface area (Å²) in [7, 11) is 0. The van der Waals surface area contributed by atoms with Gasteiger partial charge in [-0.15, -0.1) is 0 Å². The van der Waals surface area contributed by atoms with Gasteiger partial charge in [0.05, 0.1) is 11.5 Å². The molecular formula is C21H31N3O4. The van der Waals surface area contributed by atoms with E-state index in [1.165, 1.54) is 5.56 Å². The minimum atomic E-state index is -0.306. The molecule has 0 saturated carbocycles. The average molecular weight is 389 g/mol. The molecule has 7 heteroatoms. The number of aryl methyl sites for hydroxylation is 1. The molecule has 1 aromatic rings. The first-order valence-electron chi connectivity index (χ1n) is 10.5. The van der Waals surface area contributed by atoms with Gasteiger partial charge < -0.3 is 14.5 Å². The molecule has 7 nitrogen and oxygen atoms in total. The fourth-order valence-electron chi connectivity index (χ4n) is 4.33. The minimum absolute atomic E-state index is 0.179. The van der Waals surface area contributed by atoms with Crippen molar-refractivity contribution in [2.45, 2.75) is 57.9 Å². The Hall–Kier alpha value is -2.15. The summed E-state index contributed by atoms with van der Waals surface area (Å²) >= 11 is 0. The highest BCUT2D eigenvalue weighted by Crippen LogP contribution is 2.28. The van der Waals surface area contributed by atoms with E-state index in [4.69, 9.17) is 4.74 Å². The number of nitro groups is 1. The zero-order valence-electron chi connectivity index (χ0n) is 16.8. The molecule has 1 atom stereocenters. The maximum absolute atomic E-state index is 11.7. The summed E-state index contributed by atoms with van der Waals surface area (Å²) in [5, 5.41) is 11.1. The van der Waals surface area contributed by atoms with E-state index in [1.54, 1.807) is 12.1 Å². The van der Waals surface area contributed by atoms with Crippen LogP contribution in [-0.2, 0) is 17.6 Å². The molecule has 0 spiro atoms. The molecule has 2 aliphatic rings. The molecule has 3 rings (SSSR count). The lowest BCUT2D eigenvalue weighted by Crippen LogP contribution is -2.41. The Kier molecular flexibility index (Phi) is 7.25. The van der Waals surface area contributed by atoms with Crippen LogP contribution in [0.5, 0.6) is 0 Å². The molecule has 1 unspecified atom stereocenters. The number of fused-ring (bicyclic) bond motifs is 1. The number of non-ortho nitro benzene ring substituents is 1. The molecule has 28 heavy (non-hydrogen) atoms. The fraction of sp³-hybridized carbons (Fsp3) is 0.667. The molecule has 1 aliphatic carbocycles. The average Bonchev–Trinajstić information content (AvgIpc) is 2.70. The number of nitrogens with zero attached hydrogens (tertiary/aromatic N) is 3. The molecule has 1 aromatic carbocycles. The van der Waals surface area contributed by atoms with Gasteiger partial charge in [-0.1, -0.05) is 13.0 Å². The van der Waals surface area contributed by atoms with Gasteiger partial charge in [0.1, 0.15) is 0 Å². The van der Waals surface area contributed by atoms with Crippen molar-refractivity contribution in [3.05, 3.63) is 39.4 Å². The summed E-state index contributed by atoms with van der Waals surface area (Å²) in [6.45, 7) is 6.35. The first-order valence-corrected chi connectivity index (χ1v) is 10.5. The summed E-state index contributed by atoms with van der Waals surface area (Å²) in [6, 6.07) is 5.74. The lowest BCUT2D eigenvalue weighted by molar-refractivity contribution is -0.384. The Bertz CT molecular complexity index is 694. The standard InChI is InChI=1S/C21H31N3O4/c1-2-10-22(11-3-4-12-23-13-5-14-28-21(23)25)19-8-6-17-7-9-20(24(26)27)16-18(17)15-19/h7,9,16,19H,2-6,8,10-15H2,1H3. The van der Waals surface area contributed by atoms with Gasteiger partial charge in [0.25, 0.3) is 5.69 Å². The molecule has 1 fully saturated rings. The number of unbranched alkanes of at least 4 members (excludes halogenated alkanes) is 1. The topological polar surface area (TPSA) is 75.9 Å². The van der Waals surface area contributed by atoms with Gasteiger partial charge in [-0.25, -0.2) is 4.79 Å². The second-order valence-corrected chi connectivity index (χ2v) is 7.80. The van der Waals surface area contributed by atoms with Crippen molar-refractivity contribution in [2.24, 2.45) is 0 Å². The first kappa shape index (κ1) is 20.6. The quantitative estimate of drug-likeness (QED) is 0.365. The molecule has 1 heterocycles. The summed E-state index contributed by atoms with van der Waals surface area (Å²) in [5.41, 5.74) is 2.57. The van der Waals surface area contributed by atoms with Crippen LogP contribution in [0.15, 0.2) is 18.2 Å². The van der Waals surface area contributed by atoms with Gasteiger partial charge in [-0.05, 0) is 69.2 Å². The van der Waals surface area contributed by atoms with Crippen LogP contribution in [0.2, 0.25) is 0 Å². The van der Waals surface area contributed by atoms with E-state index in [1.807, 2.05) is 11.0 Å². The molecule has 1 saturated heterocycles. The molecule has 0 aromatic heterocycles.